The van der Waals surface area contributed by atoms with Crippen molar-refractivity contribution in [2.75, 3.05) is 19.6 Å². The summed E-state index contributed by atoms with van der Waals surface area (Å²) in [5.74, 6) is 0.00968. The molecule has 1 unspecified atom stereocenters. The Balaban J connectivity index is 1.53. The third kappa shape index (κ3) is 3.51. The van der Waals surface area contributed by atoms with Gasteiger partial charge < -0.3 is 10.2 Å². The van der Waals surface area contributed by atoms with Crippen LogP contribution < -0.4 is 5.32 Å². The van der Waals surface area contributed by atoms with Gasteiger partial charge in [0.25, 0.3) is 5.91 Å². The molecule has 2 saturated heterocycles. The minimum atomic E-state index is 0.00968. The molecule has 4 rings (SSSR count). The highest BCUT2D eigenvalue weighted by atomic mass is 16.2. The van der Waals surface area contributed by atoms with Crippen LogP contribution in [0.3, 0.4) is 0 Å². The van der Waals surface area contributed by atoms with Crippen LogP contribution in [0.25, 0.3) is 0 Å². The lowest BCUT2D eigenvalue weighted by molar-refractivity contribution is 0.0605. The van der Waals surface area contributed by atoms with Crippen molar-refractivity contribution in [1.82, 2.24) is 25.2 Å². The van der Waals surface area contributed by atoms with E-state index in [9.17, 15) is 4.79 Å². The number of carbonyl (C=O) groups excluding carboxylic acids is 1. The fraction of sp³-hybridized carbons (Fsp3) is 0.550. The molecule has 2 aliphatic heterocycles. The highest BCUT2D eigenvalue weighted by molar-refractivity contribution is 5.92. The Morgan fingerprint density at radius 3 is 2.65 bits per heavy atom. The summed E-state index contributed by atoms with van der Waals surface area (Å²) >= 11 is 0. The number of hydrogen-bond acceptors (Lipinski definition) is 4. The van der Waals surface area contributed by atoms with Gasteiger partial charge >= 0.3 is 0 Å². The van der Waals surface area contributed by atoms with E-state index in [0.29, 0.717) is 11.7 Å². The zero-order chi connectivity index (χ0) is 17.9. The first-order chi connectivity index (χ1) is 12.7. The second-order valence-electron chi connectivity index (χ2n) is 7.49. The molecule has 0 aliphatic carbocycles. The maximum atomic E-state index is 13.1. The quantitative estimate of drug-likeness (QED) is 0.922. The molecule has 138 valence electrons. The molecule has 1 N–H and O–H groups in total. The maximum Gasteiger partial charge on any atom is 0.276 e. The Hall–Kier alpha value is -2.21. The zero-order valence-corrected chi connectivity index (χ0v) is 15.4. The van der Waals surface area contributed by atoms with Crippen molar-refractivity contribution in [2.45, 2.75) is 51.1 Å². The van der Waals surface area contributed by atoms with Crippen LogP contribution in [0.5, 0.6) is 0 Å². The lowest BCUT2D eigenvalue weighted by atomic mass is 9.94. The predicted octanol–water partition coefficient (Wildman–Crippen LogP) is 2.88. The molecular formula is C20H27N5O. The summed E-state index contributed by atoms with van der Waals surface area (Å²) in [7, 11) is 0. The fourth-order valence-corrected chi connectivity index (χ4v) is 4.08. The molecule has 26 heavy (non-hydrogen) atoms. The van der Waals surface area contributed by atoms with E-state index in [4.69, 9.17) is 0 Å². The third-order valence-corrected chi connectivity index (χ3v) is 5.64. The van der Waals surface area contributed by atoms with Crippen molar-refractivity contribution in [2.24, 2.45) is 0 Å². The minimum Gasteiger partial charge on any atom is -0.330 e. The predicted molar refractivity (Wildman–Crippen MR) is 100.0 cm³/mol. The van der Waals surface area contributed by atoms with Gasteiger partial charge in [0.05, 0.1) is 18.3 Å². The van der Waals surface area contributed by atoms with Gasteiger partial charge in [-0.05, 0) is 57.7 Å². The van der Waals surface area contributed by atoms with Gasteiger partial charge in [0, 0.05) is 6.54 Å². The van der Waals surface area contributed by atoms with Gasteiger partial charge in [-0.2, -0.15) is 0 Å². The SMILES string of the molecule is Cc1ccc(C2CCCCN2C(=O)c2cn(C3CCNCC3)nn2)cc1. The highest BCUT2D eigenvalue weighted by Crippen LogP contribution is 2.32. The van der Waals surface area contributed by atoms with Crippen LogP contribution in [0, 0.1) is 6.92 Å². The highest BCUT2D eigenvalue weighted by Gasteiger charge is 2.30. The van der Waals surface area contributed by atoms with E-state index in [-0.39, 0.29) is 11.9 Å². The lowest BCUT2D eigenvalue weighted by Crippen LogP contribution is -2.38. The molecule has 1 amide bonds. The number of aryl methyl sites for hydroxylation is 1. The number of rotatable bonds is 3. The molecule has 1 aromatic carbocycles. The summed E-state index contributed by atoms with van der Waals surface area (Å²) in [6.07, 6.45) is 7.14. The van der Waals surface area contributed by atoms with Gasteiger partial charge in [-0.1, -0.05) is 35.0 Å². The summed E-state index contributed by atoms with van der Waals surface area (Å²) in [5, 5.41) is 11.8. The van der Waals surface area contributed by atoms with E-state index in [1.807, 2.05) is 15.8 Å². The van der Waals surface area contributed by atoms with Crippen molar-refractivity contribution in [3.05, 3.63) is 47.3 Å². The molecule has 0 saturated carbocycles. The van der Waals surface area contributed by atoms with E-state index in [1.165, 1.54) is 11.1 Å². The monoisotopic (exact) mass is 353 g/mol. The number of piperidine rings is 2. The Kier molecular flexibility index (Phi) is 5.02. The number of likely N-dealkylation sites (tertiary alicyclic amines) is 1. The van der Waals surface area contributed by atoms with Crippen LogP contribution in [0.1, 0.15) is 65.8 Å². The molecule has 0 radical (unpaired) electrons. The molecule has 1 atom stereocenters. The average Bonchev–Trinajstić information content (AvgIpc) is 3.19. The van der Waals surface area contributed by atoms with Crippen molar-refractivity contribution in [3.63, 3.8) is 0 Å². The number of benzene rings is 1. The summed E-state index contributed by atoms with van der Waals surface area (Å²) in [6, 6.07) is 9.04. The fourth-order valence-electron chi connectivity index (χ4n) is 4.08. The van der Waals surface area contributed by atoms with Crippen molar-refractivity contribution < 1.29 is 4.79 Å². The number of nitrogens with one attached hydrogen (secondary N) is 1. The molecule has 6 nitrogen and oxygen atoms in total. The van der Waals surface area contributed by atoms with Gasteiger partial charge in [0.2, 0.25) is 0 Å². The number of carbonyl (C=O) groups is 1. The molecule has 2 aliphatic rings. The first-order valence-electron chi connectivity index (χ1n) is 9.72. The standard InChI is InChI=1S/C20H27N5O/c1-15-5-7-16(8-6-15)19-4-2-3-13-24(19)20(26)18-14-25(23-22-18)17-9-11-21-12-10-17/h5-8,14,17,19,21H,2-4,9-13H2,1H3. The Morgan fingerprint density at radius 1 is 1.12 bits per heavy atom. The van der Waals surface area contributed by atoms with E-state index >= 15 is 0 Å². The van der Waals surface area contributed by atoms with Crippen molar-refractivity contribution in [3.8, 4) is 0 Å². The summed E-state index contributed by atoms with van der Waals surface area (Å²) in [6.45, 7) is 4.87. The van der Waals surface area contributed by atoms with E-state index in [1.54, 1.807) is 0 Å². The third-order valence-electron chi connectivity index (χ3n) is 5.64. The number of hydrogen-bond donors (Lipinski definition) is 1. The average molecular weight is 353 g/mol. The van der Waals surface area contributed by atoms with E-state index in [2.05, 4.69) is 46.8 Å². The molecule has 3 heterocycles. The molecule has 0 spiro atoms. The Bertz CT molecular complexity index is 748. The second kappa shape index (κ2) is 7.58. The van der Waals surface area contributed by atoms with Crippen molar-refractivity contribution in [1.29, 1.82) is 0 Å². The minimum absolute atomic E-state index is 0.00968. The summed E-state index contributed by atoms with van der Waals surface area (Å²) in [4.78, 5) is 15.1. The topological polar surface area (TPSA) is 63.1 Å². The number of aromatic nitrogens is 3. The molecule has 2 fully saturated rings. The van der Waals surface area contributed by atoms with Crippen molar-refractivity contribution >= 4 is 5.91 Å². The largest absolute Gasteiger partial charge is 0.330 e. The van der Waals surface area contributed by atoms with Crippen LogP contribution in [0.15, 0.2) is 30.5 Å². The number of amides is 1. The van der Waals surface area contributed by atoms with Crippen LogP contribution in [-0.4, -0.2) is 45.4 Å². The van der Waals surface area contributed by atoms with E-state index < -0.39 is 0 Å². The zero-order valence-electron chi connectivity index (χ0n) is 15.4. The van der Waals surface area contributed by atoms with Gasteiger partial charge in [-0.15, -0.1) is 5.10 Å². The maximum absolute atomic E-state index is 13.1. The second-order valence-corrected chi connectivity index (χ2v) is 7.49. The number of nitrogens with zero attached hydrogens (tertiary/aromatic N) is 4. The molecule has 2 aromatic rings. The summed E-state index contributed by atoms with van der Waals surface area (Å²) in [5.41, 5.74) is 2.93. The van der Waals surface area contributed by atoms with Crippen LogP contribution in [0.2, 0.25) is 0 Å². The van der Waals surface area contributed by atoms with Gasteiger partial charge in [-0.3, -0.25) is 4.79 Å². The normalized spacial score (nSPS) is 21.7. The first kappa shape index (κ1) is 17.2. The van der Waals surface area contributed by atoms with Crippen LogP contribution in [-0.2, 0) is 0 Å². The molecule has 1 aromatic heterocycles. The summed E-state index contributed by atoms with van der Waals surface area (Å²) < 4.78 is 1.89. The first-order valence-corrected chi connectivity index (χ1v) is 9.72. The Labute approximate surface area is 154 Å². The van der Waals surface area contributed by atoms with Crippen LogP contribution >= 0.6 is 0 Å². The van der Waals surface area contributed by atoms with Gasteiger partial charge in [0.15, 0.2) is 5.69 Å². The lowest BCUT2D eigenvalue weighted by Gasteiger charge is -2.35. The van der Waals surface area contributed by atoms with Gasteiger partial charge in [-0.25, -0.2) is 4.68 Å². The molecular weight excluding hydrogens is 326 g/mol. The Morgan fingerprint density at radius 2 is 1.88 bits per heavy atom. The van der Waals surface area contributed by atoms with Crippen LogP contribution in [0.4, 0.5) is 0 Å². The van der Waals surface area contributed by atoms with Gasteiger partial charge in [0.1, 0.15) is 0 Å². The molecule has 0 bridgehead atoms. The smallest absolute Gasteiger partial charge is 0.276 e. The van der Waals surface area contributed by atoms with E-state index in [0.717, 1.165) is 51.7 Å². The molecule has 6 heteroatoms.